The van der Waals surface area contributed by atoms with Crippen LogP contribution in [-0.2, 0) is 14.8 Å². The first kappa shape index (κ1) is 13.8. The zero-order valence-corrected chi connectivity index (χ0v) is 12.3. The van der Waals surface area contributed by atoms with E-state index in [0.717, 1.165) is 17.0 Å². The van der Waals surface area contributed by atoms with Gasteiger partial charge in [-0.2, -0.15) is 8.42 Å². The van der Waals surface area contributed by atoms with Gasteiger partial charge in [-0.1, -0.05) is 11.3 Å². The number of anilines is 2. The fourth-order valence-electron chi connectivity index (χ4n) is 1.08. The van der Waals surface area contributed by atoms with Gasteiger partial charge in [-0.15, -0.1) is 21.5 Å². The molecule has 0 saturated carbocycles. The number of nitrogens with zero attached hydrogens (tertiary/aromatic N) is 3. The van der Waals surface area contributed by atoms with Crippen LogP contribution in [-0.4, -0.2) is 29.5 Å². The number of aromatic nitrogens is 3. The number of sulfonamides is 1. The molecular weight excluding hydrogens is 310 g/mol. The Balaban J connectivity index is 2.19. The minimum atomic E-state index is -3.82. The van der Waals surface area contributed by atoms with Gasteiger partial charge in [-0.05, 0) is 6.92 Å². The molecule has 2 rings (SSSR count). The standard InChI is InChI=1S/C8H9N5O3S3/c1-4-3-17-7(9-4)13-19(15,16)8-12-11-6(18-8)10-5(2)14/h3H,1-2H3,(H,9,13)(H,10,11,14). The molecule has 0 radical (unpaired) electrons. The van der Waals surface area contributed by atoms with E-state index in [1.54, 1.807) is 12.3 Å². The van der Waals surface area contributed by atoms with Crippen molar-refractivity contribution in [2.75, 3.05) is 10.0 Å². The summed E-state index contributed by atoms with van der Waals surface area (Å²) >= 11 is 1.94. The van der Waals surface area contributed by atoms with Crippen LogP contribution < -0.4 is 10.0 Å². The maximum Gasteiger partial charge on any atom is 0.293 e. The first-order chi connectivity index (χ1) is 8.87. The van der Waals surface area contributed by atoms with E-state index in [0.29, 0.717) is 0 Å². The van der Waals surface area contributed by atoms with Crippen molar-refractivity contribution in [3.8, 4) is 0 Å². The topological polar surface area (TPSA) is 114 Å². The first-order valence-electron chi connectivity index (χ1n) is 4.93. The Hall–Kier alpha value is -1.59. The highest BCUT2D eigenvalue weighted by Crippen LogP contribution is 2.23. The molecule has 0 aliphatic heterocycles. The molecule has 2 aromatic rings. The Labute approximate surface area is 117 Å². The van der Waals surface area contributed by atoms with E-state index in [9.17, 15) is 13.2 Å². The van der Waals surface area contributed by atoms with E-state index in [-0.39, 0.29) is 20.5 Å². The van der Waals surface area contributed by atoms with Crippen LogP contribution >= 0.6 is 22.7 Å². The highest BCUT2D eigenvalue weighted by atomic mass is 32.2. The number of carbonyl (C=O) groups excluding carboxylic acids is 1. The van der Waals surface area contributed by atoms with Crippen LogP contribution in [0.5, 0.6) is 0 Å². The fourth-order valence-corrected chi connectivity index (χ4v) is 3.97. The van der Waals surface area contributed by atoms with Crippen LogP contribution in [0, 0.1) is 6.92 Å². The maximum absolute atomic E-state index is 12.0. The van der Waals surface area contributed by atoms with Crippen molar-refractivity contribution in [3.63, 3.8) is 0 Å². The zero-order chi connectivity index (χ0) is 14.0. The third kappa shape index (κ3) is 3.45. The van der Waals surface area contributed by atoms with E-state index in [1.165, 1.54) is 18.3 Å². The molecule has 0 saturated heterocycles. The summed E-state index contributed by atoms with van der Waals surface area (Å²) in [6.07, 6.45) is 0. The lowest BCUT2D eigenvalue weighted by molar-refractivity contribution is -0.114. The molecule has 0 aliphatic rings. The van der Waals surface area contributed by atoms with Crippen LogP contribution in [0.15, 0.2) is 9.72 Å². The van der Waals surface area contributed by atoms with Crippen molar-refractivity contribution in [1.82, 2.24) is 15.2 Å². The number of hydrogen-bond acceptors (Lipinski definition) is 8. The smallest absolute Gasteiger partial charge is 0.293 e. The lowest BCUT2D eigenvalue weighted by atomic mass is 10.6. The lowest BCUT2D eigenvalue weighted by Crippen LogP contribution is -2.12. The summed E-state index contributed by atoms with van der Waals surface area (Å²) in [5.41, 5.74) is 0.721. The van der Waals surface area contributed by atoms with Crippen molar-refractivity contribution < 1.29 is 13.2 Å². The molecule has 0 atom stereocenters. The third-order valence-electron chi connectivity index (χ3n) is 1.76. The molecule has 0 aliphatic carbocycles. The van der Waals surface area contributed by atoms with Crippen LogP contribution in [0.1, 0.15) is 12.6 Å². The van der Waals surface area contributed by atoms with Gasteiger partial charge in [0.2, 0.25) is 11.0 Å². The Bertz CT molecular complexity index is 705. The number of amides is 1. The summed E-state index contributed by atoms with van der Waals surface area (Å²) in [5, 5.41) is 11.6. The molecular formula is C8H9N5O3S3. The third-order valence-corrected chi connectivity index (χ3v) is 5.31. The number of thiazole rings is 1. The van der Waals surface area contributed by atoms with Crippen molar-refractivity contribution in [1.29, 1.82) is 0 Å². The molecule has 2 aromatic heterocycles. The summed E-state index contributed by atoms with van der Waals surface area (Å²) in [5.74, 6) is -0.344. The predicted octanol–water partition coefficient (Wildman–Crippen LogP) is 1.06. The molecule has 8 nitrogen and oxygen atoms in total. The summed E-state index contributed by atoms with van der Waals surface area (Å²) in [7, 11) is -3.82. The van der Waals surface area contributed by atoms with Crippen molar-refractivity contribution in [3.05, 3.63) is 11.1 Å². The predicted molar refractivity (Wildman–Crippen MR) is 71.9 cm³/mol. The minimum absolute atomic E-state index is 0.128. The van der Waals surface area contributed by atoms with Crippen molar-refractivity contribution >= 4 is 48.9 Å². The summed E-state index contributed by atoms with van der Waals surface area (Å²) in [4.78, 5) is 14.8. The molecule has 102 valence electrons. The van der Waals surface area contributed by atoms with Crippen LogP contribution in [0.3, 0.4) is 0 Å². The SMILES string of the molecule is CC(=O)Nc1nnc(S(=O)(=O)Nc2nc(C)cs2)s1. The van der Waals surface area contributed by atoms with E-state index >= 15 is 0 Å². The molecule has 0 bridgehead atoms. The molecule has 2 N–H and O–H groups in total. The number of rotatable bonds is 4. The second-order valence-electron chi connectivity index (χ2n) is 3.45. The van der Waals surface area contributed by atoms with E-state index in [1.807, 2.05) is 0 Å². The molecule has 1 amide bonds. The van der Waals surface area contributed by atoms with Crippen LogP contribution in [0.25, 0.3) is 0 Å². The van der Waals surface area contributed by atoms with Gasteiger partial charge >= 0.3 is 0 Å². The average Bonchev–Trinajstić information content (AvgIpc) is 2.87. The van der Waals surface area contributed by atoms with Gasteiger partial charge in [0.25, 0.3) is 14.4 Å². The number of carbonyl (C=O) groups is 1. The molecule has 0 fully saturated rings. The second kappa shape index (κ2) is 5.19. The van der Waals surface area contributed by atoms with Crippen LogP contribution in [0.2, 0.25) is 0 Å². The first-order valence-corrected chi connectivity index (χ1v) is 8.11. The Kier molecular flexibility index (Phi) is 3.78. The lowest BCUT2D eigenvalue weighted by Gasteiger charge is -1.99. The van der Waals surface area contributed by atoms with Crippen LogP contribution in [0.4, 0.5) is 10.3 Å². The Morgan fingerprint density at radius 2 is 2.05 bits per heavy atom. The van der Waals surface area contributed by atoms with Gasteiger partial charge < -0.3 is 5.32 Å². The highest BCUT2D eigenvalue weighted by Gasteiger charge is 2.21. The van der Waals surface area contributed by atoms with Crippen molar-refractivity contribution in [2.45, 2.75) is 18.2 Å². The molecule has 0 aromatic carbocycles. The number of nitrogens with one attached hydrogen (secondary N) is 2. The minimum Gasteiger partial charge on any atom is -0.301 e. The number of aryl methyl sites for hydroxylation is 1. The highest BCUT2D eigenvalue weighted by molar-refractivity contribution is 7.94. The molecule has 0 spiro atoms. The van der Waals surface area contributed by atoms with Gasteiger partial charge in [-0.25, -0.2) is 4.98 Å². The summed E-state index contributed by atoms with van der Waals surface area (Å²) in [6, 6.07) is 0. The normalized spacial score (nSPS) is 11.3. The molecule has 2 heterocycles. The zero-order valence-electron chi connectivity index (χ0n) is 9.87. The Morgan fingerprint density at radius 3 is 2.63 bits per heavy atom. The van der Waals surface area contributed by atoms with E-state index < -0.39 is 10.0 Å². The molecule has 19 heavy (non-hydrogen) atoms. The van der Waals surface area contributed by atoms with Gasteiger partial charge in [0, 0.05) is 12.3 Å². The van der Waals surface area contributed by atoms with E-state index in [2.05, 4.69) is 25.2 Å². The molecule has 0 unspecified atom stereocenters. The average molecular weight is 319 g/mol. The van der Waals surface area contributed by atoms with E-state index in [4.69, 9.17) is 0 Å². The fraction of sp³-hybridized carbons (Fsp3) is 0.250. The monoisotopic (exact) mass is 319 g/mol. The maximum atomic E-state index is 12.0. The van der Waals surface area contributed by atoms with Gasteiger partial charge in [-0.3, -0.25) is 9.52 Å². The van der Waals surface area contributed by atoms with Gasteiger partial charge in [0.15, 0.2) is 5.13 Å². The quantitative estimate of drug-likeness (QED) is 0.815. The van der Waals surface area contributed by atoms with Gasteiger partial charge in [0.1, 0.15) is 0 Å². The van der Waals surface area contributed by atoms with Gasteiger partial charge in [0.05, 0.1) is 5.69 Å². The largest absolute Gasteiger partial charge is 0.301 e. The Morgan fingerprint density at radius 1 is 1.32 bits per heavy atom. The summed E-state index contributed by atoms with van der Waals surface area (Å²) < 4.78 is 26.0. The molecule has 11 heteroatoms. The van der Waals surface area contributed by atoms with Crippen molar-refractivity contribution in [2.24, 2.45) is 0 Å². The summed E-state index contributed by atoms with van der Waals surface area (Å²) in [6.45, 7) is 3.06. The number of hydrogen-bond donors (Lipinski definition) is 2. The second-order valence-corrected chi connectivity index (χ2v) is 7.15.